The second kappa shape index (κ2) is 6.63. The molecule has 0 radical (unpaired) electrons. The highest BCUT2D eigenvalue weighted by Crippen LogP contribution is 2.17. The van der Waals surface area contributed by atoms with Crippen LogP contribution in [0, 0.1) is 0 Å². The van der Waals surface area contributed by atoms with Crippen molar-refractivity contribution in [2.24, 2.45) is 0 Å². The van der Waals surface area contributed by atoms with Gasteiger partial charge in [-0.1, -0.05) is 6.07 Å². The second-order valence-corrected chi connectivity index (χ2v) is 7.65. The maximum Gasteiger partial charge on any atom is 0.334 e. The fourth-order valence-electron chi connectivity index (χ4n) is 1.48. The van der Waals surface area contributed by atoms with E-state index in [1.54, 1.807) is 14.2 Å². The van der Waals surface area contributed by atoms with E-state index in [1.807, 2.05) is 30.8 Å². The summed E-state index contributed by atoms with van der Waals surface area (Å²) in [7, 11) is 1.45. The van der Waals surface area contributed by atoms with Crippen LogP contribution in [-0.4, -0.2) is 29.4 Å². The largest absolute Gasteiger partial charge is 0.494 e. The zero-order valence-electron chi connectivity index (χ0n) is 10.7. The maximum atomic E-state index is 5.66. The Bertz CT molecular complexity index is 342. The van der Waals surface area contributed by atoms with Crippen LogP contribution in [0.2, 0.25) is 12.6 Å². The third-order valence-corrected chi connectivity index (χ3v) is 5.75. The highest BCUT2D eigenvalue weighted by atomic mass is 28.4. The lowest BCUT2D eigenvalue weighted by molar-refractivity contribution is 0.241. The zero-order chi connectivity index (χ0) is 12.7. The summed E-state index contributed by atoms with van der Waals surface area (Å²) in [6.07, 6.45) is 0.916. The molecule has 0 fully saturated rings. The standard InChI is InChI=1S/C12H21NO3Si/c1-14-17(3,15-2)9-5-8-16-12-7-4-6-11(13)10-12/h4,6-7,10H,5,8-9,13H2,1-3H3. The summed E-state index contributed by atoms with van der Waals surface area (Å²) in [5, 5.41) is 0. The molecule has 5 heteroatoms. The molecule has 96 valence electrons. The fraction of sp³-hybridized carbons (Fsp3) is 0.500. The van der Waals surface area contributed by atoms with Crippen LogP contribution >= 0.6 is 0 Å². The Morgan fingerprint density at radius 2 is 1.94 bits per heavy atom. The molecule has 1 aromatic rings. The lowest BCUT2D eigenvalue weighted by atomic mass is 10.3. The minimum Gasteiger partial charge on any atom is -0.494 e. The van der Waals surface area contributed by atoms with Crippen molar-refractivity contribution in [2.45, 2.75) is 19.0 Å². The first-order valence-electron chi connectivity index (χ1n) is 5.68. The van der Waals surface area contributed by atoms with Crippen LogP contribution in [0.25, 0.3) is 0 Å². The molecule has 0 unspecified atom stereocenters. The summed E-state index contributed by atoms with van der Waals surface area (Å²) < 4.78 is 16.4. The van der Waals surface area contributed by atoms with Gasteiger partial charge in [-0.3, -0.25) is 0 Å². The SMILES string of the molecule is CO[Si](C)(CCCOc1cccc(N)c1)OC. The number of anilines is 1. The molecule has 0 aliphatic rings. The first-order chi connectivity index (χ1) is 8.09. The van der Waals surface area contributed by atoms with Crippen LogP contribution in [0.1, 0.15) is 6.42 Å². The van der Waals surface area contributed by atoms with Gasteiger partial charge in [0, 0.05) is 26.0 Å². The van der Waals surface area contributed by atoms with Gasteiger partial charge in [-0.25, -0.2) is 0 Å². The Hall–Kier alpha value is -1.04. The van der Waals surface area contributed by atoms with Crippen molar-refractivity contribution in [3.63, 3.8) is 0 Å². The van der Waals surface area contributed by atoms with E-state index in [1.165, 1.54) is 0 Å². The Morgan fingerprint density at radius 3 is 2.53 bits per heavy atom. The molecule has 0 spiro atoms. The van der Waals surface area contributed by atoms with Gasteiger partial charge in [0.1, 0.15) is 5.75 Å². The van der Waals surface area contributed by atoms with Crippen molar-refractivity contribution in [3.8, 4) is 5.75 Å². The van der Waals surface area contributed by atoms with E-state index >= 15 is 0 Å². The third kappa shape index (κ3) is 4.76. The van der Waals surface area contributed by atoms with Gasteiger partial charge in [0.2, 0.25) is 0 Å². The highest BCUT2D eigenvalue weighted by Gasteiger charge is 2.27. The Morgan fingerprint density at radius 1 is 1.24 bits per heavy atom. The molecule has 0 saturated heterocycles. The number of nitrogens with two attached hydrogens (primary N) is 1. The quantitative estimate of drug-likeness (QED) is 0.462. The molecule has 0 saturated carbocycles. The van der Waals surface area contributed by atoms with Crippen molar-refractivity contribution in [3.05, 3.63) is 24.3 Å². The Balaban J connectivity index is 2.29. The number of rotatable bonds is 7. The van der Waals surface area contributed by atoms with E-state index in [4.69, 9.17) is 19.3 Å². The van der Waals surface area contributed by atoms with Crippen LogP contribution in [0.4, 0.5) is 5.69 Å². The van der Waals surface area contributed by atoms with E-state index in [9.17, 15) is 0 Å². The summed E-state index contributed by atoms with van der Waals surface area (Å²) in [5.74, 6) is 0.809. The lowest BCUT2D eigenvalue weighted by Crippen LogP contribution is -2.36. The molecule has 0 aliphatic heterocycles. The molecular formula is C12H21NO3Si. The average Bonchev–Trinajstić information content (AvgIpc) is 2.34. The molecule has 0 amide bonds. The molecular weight excluding hydrogens is 234 g/mol. The molecule has 0 aromatic heterocycles. The normalized spacial score (nSPS) is 11.5. The topological polar surface area (TPSA) is 53.7 Å². The second-order valence-electron chi connectivity index (χ2n) is 4.07. The van der Waals surface area contributed by atoms with Crippen molar-refractivity contribution < 1.29 is 13.6 Å². The van der Waals surface area contributed by atoms with Gasteiger partial charge in [0.05, 0.1) is 6.61 Å². The lowest BCUT2D eigenvalue weighted by Gasteiger charge is -2.22. The van der Waals surface area contributed by atoms with Gasteiger partial charge in [-0.15, -0.1) is 0 Å². The smallest absolute Gasteiger partial charge is 0.334 e. The number of nitrogen functional groups attached to an aromatic ring is 1. The van der Waals surface area contributed by atoms with Crippen LogP contribution < -0.4 is 10.5 Å². The zero-order valence-corrected chi connectivity index (χ0v) is 11.7. The number of benzene rings is 1. The van der Waals surface area contributed by atoms with Crippen molar-refractivity contribution in [2.75, 3.05) is 26.6 Å². The van der Waals surface area contributed by atoms with Gasteiger partial charge < -0.3 is 19.3 Å². The van der Waals surface area contributed by atoms with Crippen LogP contribution in [-0.2, 0) is 8.85 Å². The summed E-state index contributed by atoms with van der Waals surface area (Å²) in [6.45, 7) is 2.70. The van der Waals surface area contributed by atoms with Crippen LogP contribution in [0.3, 0.4) is 0 Å². The van der Waals surface area contributed by atoms with Crippen molar-refractivity contribution in [1.82, 2.24) is 0 Å². The predicted octanol–water partition coefficient (Wildman–Crippen LogP) is 2.40. The molecule has 1 rings (SSSR count). The highest BCUT2D eigenvalue weighted by molar-refractivity contribution is 6.65. The van der Waals surface area contributed by atoms with Gasteiger partial charge >= 0.3 is 8.56 Å². The monoisotopic (exact) mass is 255 g/mol. The van der Waals surface area contributed by atoms with E-state index in [0.29, 0.717) is 6.61 Å². The molecule has 2 N–H and O–H groups in total. The third-order valence-electron chi connectivity index (χ3n) is 2.77. The van der Waals surface area contributed by atoms with Crippen molar-refractivity contribution in [1.29, 1.82) is 0 Å². The number of hydrogen-bond donors (Lipinski definition) is 1. The maximum absolute atomic E-state index is 5.66. The fourth-order valence-corrected chi connectivity index (χ4v) is 2.84. The van der Waals surface area contributed by atoms with E-state index in [-0.39, 0.29) is 0 Å². The van der Waals surface area contributed by atoms with E-state index in [0.717, 1.165) is 23.9 Å². The molecule has 17 heavy (non-hydrogen) atoms. The van der Waals surface area contributed by atoms with Gasteiger partial charge in [0.15, 0.2) is 0 Å². The summed E-state index contributed by atoms with van der Waals surface area (Å²) in [5.41, 5.74) is 6.38. The van der Waals surface area contributed by atoms with Crippen LogP contribution in [0.5, 0.6) is 5.75 Å². The number of ether oxygens (including phenoxy) is 1. The van der Waals surface area contributed by atoms with E-state index < -0.39 is 8.56 Å². The molecule has 0 heterocycles. The average molecular weight is 255 g/mol. The molecule has 0 atom stereocenters. The summed E-state index contributed by atoms with van der Waals surface area (Å²) >= 11 is 0. The van der Waals surface area contributed by atoms with Gasteiger partial charge in [-0.05, 0) is 31.1 Å². The molecule has 4 nitrogen and oxygen atoms in total. The summed E-state index contributed by atoms with van der Waals surface area (Å²) in [4.78, 5) is 0. The number of hydrogen-bond acceptors (Lipinski definition) is 4. The first kappa shape index (κ1) is 14.0. The molecule has 0 aliphatic carbocycles. The molecule has 1 aromatic carbocycles. The first-order valence-corrected chi connectivity index (χ1v) is 8.20. The molecule has 0 bridgehead atoms. The van der Waals surface area contributed by atoms with Gasteiger partial charge in [0.25, 0.3) is 0 Å². The minimum atomic E-state index is -1.95. The van der Waals surface area contributed by atoms with E-state index in [2.05, 4.69) is 0 Å². The van der Waals surface area contributed by atoms with Gasteiger partial charge in [-0.2, -0.15) is 0 Å². The minimum absolute atomic E-state index is 0.652. The summed E-state index contributed by atoms with van der Waals surface area (Å²) in [6, 6.07) is 8.37. The predicted molar refractivity (Wildman–Crippen MR) is 71.4 cm³/mol. The Labute approximate surface area is 104 Å². The van der Waals surface area contributed by atoms with Crippen LogP contribution in [0.15, 0.2) is 24.3 Å². The van der Waals surface area contributed by atoms with Crippen molar-refractivity contribution >= 4 is 14.2 Å². The Kier molecular flexibility index (Phi) is 5.47.